The Bertz CT molecular complexity index is 855. The number of amides is 1. The van der Waals surface area contributed by atoms with Crippen molar-refractivity contribution in [2.45, 2.75) is 44.5 Å². The summed E-state index contributed by atoms with van der Waals surface area (Å²) >= 11 is 3.54. The van der Waals surface area contributed by atoms with Gasteiger partial charge in [-0.2, -0.15) is 0 Å². The lowest BCUT2D eigenvalue weighted by molar-refractivity contribution is -0.130. The molecule has 31 heavy (non-hydrogen) atoms. The van der Waals surface area contributed by atoms with Crippen LogP contribution in [-0.4, -0.2) is 60.6 Å². The molecule has 0 bridgehead atoms. The van der Waals surface area contributed by atoms with Gasteiger partial charge in [-0.05, 0) is 43.0 Å². The third-order valence-corrected chi connectivity index (χ3v) is 6.92. The molecule has 2 atom stereocenters. The highest BCUT2D eigenvalue weighted by Gasteiger charge is 2.30. The molecule has 2 fully saturated rings. The standard InChI is InChI=1S/C25H32BrN3O2/c1-19(29-14-15-31-24(18-29)21-8-5-9-22(26)16-21)25(30)27-23-10-12-28(13-11-23)17-20-6-3-2-4-7-20/h2-9,16,19,23-24H,10-15,17-18H2,1H3,(H,27,30). The zero-order chi connectivity index (χ0) is 21.6. The number of nitrogens with one attached hydrogen (secondary N) is 1. The third-order valence-electron chi connectivity index (χ3n) is 6.43. The number of halogens is 1. The largest absolute Gasteiger partial charge is 0.371 e. The maximum absolute atomic E-state index is 13.0. The van der Waals surface area contributed by atoms with Gasteiger partial charge in [0.25, 0.3) is 0 Å². The number of hydrogen-bond donors (Lipinski definition) is 1. The van der Waals surface area contributed by atoms with Gasteiger partial charge in [0.1, 0.15) is 0 Å². The van der Waals surface area contributed by atoms with Crippen molar-refractivity contribution in [3.05, 3.63) is 70.2 Å². The molecule has 2 aliphatic rings. The minimum atomic E-state index is -0.152. The molecule has 4 rings (SSSR count). The van der Waals surface area contributed by atoms with Crippen molar-refractivity contribution < 1.29 is 9.53 Å². The van der Waals surface area contributed by atoms with Gasteiger partial charge < -0.3 is 10.1 Å². The van der Waals surface area contributed by atoms with E-state index in [1.807, 2.05) is 19.1 Å². The second kappa shape index (κ2) is 10.7. The summed E-state index contributed by atoms with van der Waals surface area (Å²) in [6, 6.07) is 19.0. The Hall–Kier alpha value is -1.73. The monoisotopic (exact) mass is 485 g/mol. The quantitative estimate of drug-likeness (QED) is 0.671. The molecule has 0 saturated carbocycles. The second-order valence-electron chi connectivity index (χ2n) is 8.63. The maximum atomic E-state index is 13.0. The number of nitrogens with zero attached hydrogens (tertiary/aromatic N) is 2. The molecule has 2 heterocycles. The molecule has 2 unspecified atom stereocenters. The van der Waals surface area contributed by atoms with Crippen LogP contribution >= 0.6 is 15.9 Å². The highest BCUT2D eigenvalue weighted by Crippen LogP contribution is 2.26. The Morgan fingerprint density at radius 2 is 1.90 bits per heavy atom. The average Bonchev–Trinajstić information content (AvgIpc) is 2.80. The normalized spacial score (nSPS) is 22.2. The van der Waals surface area contributed by atoms with Crippen molar-refractivity contribution in [1.29, 1.82) is 0 Å². The lowest BCUT2D eigenvalue weighted by Gasteiger charge is -2.38. The van der Waals surface area contributed by atoms with E-state index in [1.54, 1.807) is 0 Å². The Kier molecular flexibility index (Phi) is 7.77. The van der Waals surface area contributed by atoms with Gasteiger partial charge in [0.05, 0.1) is 18.8 Å². The lowest BCUT2D eigenvalue weighted by Crippen LogP contribution is -2.53. The molecule has 5 nitrogen and oxygen atoms in total. The number of carbonyl (C=O) groups is 1. The van der Waals surface area contributed by atoms with Gasteiger partial charge in [-0.15, -0.1) is 0 Å². The molecule has 0 aliphatic carbocycles. The third kappa shape index (κ3) is 6.16. The van der Waals surface area contributed by atoms with Crippen LogP contribution in [0.25, 0.3) is 0 Å². The number of ether oxygens (including phenoxy) is 1. The predicted molar refractivity (Wildman–Crippen MR) is 127 cm³/mol. The SMILES string of the molecule is CC(C(=O)NC1CCN(Cc2ccccc2)CC1)N1CCOC(c2cccc(Br)c2)C1. The van der Waals surface area contributed by atoms with Crippen LogP contribution in [0.3, 0.4) is 0 Å². The number of likely N-dealkylation sites (tertiary alicyclic amines) is 1. The van der Waals surface area contributed by atoms with E-state index in [-0.39, 0.29) is 24.1 Å². The van der Waals surface area contributed by atoms with Crippen LogP contribution in [0.2, 0.25) is 0 Å². The van der Waals surface area contributed by atoms with Crippen LogP contribution in [0.15, 0.2) is 59.1 Å². The lowest BCUT2D eigenvalue weighted by atomic mass is 10.0. The van der Waals surface area contributed by atoms with E-state index in [0.29, 0.717) is 6.61 Å². The summed E-state index contributed by atoms with van der Waals surface area (Å²) in [4.78, 5) is 17.7. The van der Waals surface area contributed by atoms with Crippen LogP contribution in [-0.2, 0) is 16.1 Å². The van der Waals surface area contributed by atoms with Crippen molar-refractivity contribution in [1.82, 2.24) is 15.1 Å². The summed E-state index contributed by atoms with van der Waals surface area (Å²) in [5.41, 5.74) is 2.50. The fourth-order valence-corrected chi connectivity index (χ4v) is 4.91. The molecule has 2 aromatic carbocycles. The molecule has 1 amide bonds. The van der Waals surface area contributed by atoms with E-state index >= 15 is 0 Å². The number of benzene rings is 2. The minimum Gasteiger partial charge on any atom is -0.371 e. The van der Waals surface area contributed by atoms with Crippen molar-refractivity contribution in [2.24, 2.45) is 0 Å². The van der Waals surface area contributed by atoms with Crippen molar-refractivity contribution in [2.75, 3.05) is 32.8 Å². The van der Waals surface area contributed by atoms with Crippen molar-refractivity contribution in [3.63, 3.8) is 0 Å². The first-order chi connectivity index (χ1) is 15.1. The van der Waals surface area contributed by atoms with Gasteiger partial charge in [-0.25, -0.2) is 0 Å². The van der Waals surface area contributed by atoms with E-state index < -0.39 is 0 Å². The van der Waals surface area contributed by atoms with Crippen molar-refractivity contribution in [3.8, 4) is 0 Å². The van der Waals surface area contributed by atoms with E-state index in [2.05, 4.69) is 73.5 Å². The molecule has 2 saturated heterocycles. The minimum absolute atomic E-state index is 0.00252. The van der Waals surface area contributed by atoms with Crippen LogP contribution in [0.4, 0.5) is 0 Å². The van der Waals surface area contributed by atoms with Gasteiger partial charge in [0.2, 0.25) is 5.91 Å². The summed E-state index contributed by atoms with van der Waals surface area (Å²) in [6.45, 7) is 7.22. The number of rotatable bonds is 6. The van der Waals surface area contributed by atoms with Crippen LogP contribution in [0.1, 0.15) is 37.0 Å². The average molecular weight is 486 g/mol. The number of hydrogen-bond acceptors (Lipinski definition) is 4. The Labute approximate surface area is 193 Å². The summed E-state index contributed by atoms with van der Waals surface area (Å²) in [6.07, 6.45) is 2.02. The molecule has 166 valence electrons. The zero-order valence-electron chi connectivity index (χ0n) is 18.2. The molecule has 0 aromatic heterocycles. The van der Waals surface area contributed by atoms with E-state index in [4.69, 9.17) is 4.74 Å². The van der Waals surface area contributed by atoms with Crippen LogP contribution < -0.4 is 5.32 Å². The zero-order valence-corrected chi connectivity index (χ0v) is 19.8. The topological polar surface area (TPSA) is 44.8 Å². The summed E-state index contributed by atoms with van der Waals surface area (Å²) in [5, 5.41) is 3.31. The molecule has 2 aromatic rings. The Morgan fingerprint density at radius 1 is 1.13 bits per heavy atom. The number of piperidine rings is 1. The molecule has 1 N–H and O–H groups in total. The molecule has 2 aliphatic heterocycles. The highest BCUT2D eigenvalue weighted by atomic mass is 79.9. The van der Waals surface area contributed by atoms with Gasteiger partial charge >= 0.3 is 0 Å². The second-order valence-corrected chi connectivity index (χ2v) is 9.55. The Morgan fingerprint density at radius 3 is 2.65 bits per heavy atom. The van der Waals surface area contributed by atoms with E-state index in [0.717, 1.165) is 55.6 Å². The van der Waals surface area contributed by atoms with Crippen molar-refractivity contribution >= 4 is 21.8 Å². The fourth-order valence-electron chi connectivity index (χ4n) is 4.49. The van der Waals surface area contributed by atoms with Crippen LogP contribution in [0.5, 0.6) is 0 Å². The van der Waals surface area contributed by atoms with Gasteiger partial charge in [-0.3, -0.25) is 14.6 Å². The van der Waals surface area contributed by atoms with Gasteiger partial charge in [-0.1, -0.05) is 58.4 Å². The first-order valence-corrected chi connectivity index (χ1v) is 12.1. The summed E-state index contributed by atoms with van der Waals surface area (Å²) in [5.74, 6) is 0.136. The molecular formula is C25H32BrN3O2. The van der Waals surface area contributed by atoms with E-state index in [9.17, 15) is 4.79 Å². The highest BCUT2D eigenvalue weighted by molar-refractivity contribution is 9.10. The molecular weight excluding hydrogens is 454 g/mol. The molecule has 6 heteroatoms. The molecule has 0 spiro atoms. The number of carbonyl (C=O) groups excluding carboxylic acids is 1. The van der Waals surface area contributed by atoms with Gasteiger partial charge in [0, 0.05) is 43.2 Å². The summed E-state index contributed by atoms with van der Waals surface area (Å²) < 4.78 is 7.04. The smallest absolute Gasteiger partial charge is 0.237 e. The van der Waals surface area contributed by atoms with E-state index in [1.165, 1.54) is 5.56 Å². The fraction of sp³-hybridized carbons (Fsp3) is 0.480. The Balaban J connectivity index is 1.25. The maximum Gasteiger partial charge on any atom is 0.237 e. The first kappa shape index (κ1) is 22.5. The van der Waals surface area contributed by atoms with Crippen LogP contribution in [0, 0.1) is 0 Å². The first-order valence-electron chi connectivity index (χ1n) is 11.3. The predicted octanol–water partition coefficient (Wildman–Crippen LogP) is 3.99. The number of morpholine rings is 1. The van der Waals surface area contributed by atoms with Gasteiger partial charge in [0.15, 0.2) is 0 Å². The summed E-state index contributed by atoms with van der Waals surface area (Å²) in [7, 11) is 0. The molecule has 0 radical (unpaired) electrons.